The summed E-state index contributed by atoms with van der Waals surface area (Å²) in [6.07, 6.45) is 58.0. The smallest absolute Gasteiger partial charge is 0.381 e. The number of unbranched alkanes of at least 4 members (excludes halogenated alkanes) is 38. The second kappa shape index (κ2) is 47.1. The summed E-state index contributed by atoms with van der Waals surface area (Å²) in [4.78, 5) is 21.6. The van der Waals surface area contributed by atoms with E-state index in [1.54, 1.807) is 0 Å². The molecule has 0 aliphatic heterocycles. The van der Waals surface area contributed by atoms with Crippen molar-refractivity contribution in [1.29, 1.82) is 0 Å². The molecule has 0 aromatic carbocycles. The van der Waals surface area contributed by atoms with Crippen LogP contribution in [-0.2, 0) is 9.30 Å². The maximum absolute atomic E-state index is 8.88. The first-order valence-electron chi connectivity index (χ1n) is 22.8. The average molecular weight is 733 g/mol. The fourth-order valence-corrected chi connectivity index (χ4v) is 7.02. The van der Waals surface area contributed by atoms with Gasteiger partial charge in [-0.25, -0.2) is 4.57 Å². The monoisotopic (exact) mass is 733 g/mol. The lowest BCUT2D eigenvalue weighted by Gasteiger charge is -2.06. The van der Waals surface area contributed by atoms with Crippen LogP contribution in [-0.4, -0.2) is 27.9 Å². The van der Waals surface area contributed by atoms with Crippen molar-refractivity contribution in [2.45, 2.75) is 271 Å². The summed E-state index contributed by atoms with van der Waals surface area (Å²) in [7, 11) is -4.64. The van der Waals surface area contributed by atoms with E-state index in [9.17, 15) is 0 Å². The Hall–Kier alpha value is 0.0700. The van der Waals surface area contributed by atoms with Gasteiger partial charge in [0.25, 0.3) is 0 Å². The Morgan fingerprint density at radius 2 is 0.400 bits per heavy atom. The fourth-order valence-electron chi connectivity index (χ4n) is 7.02. The minimum absolute atomic E-state index is 0.998. The first kappa shape index (κ1) is 52.2. The van der Waals surface area contributed by atoms with Gasteiger partial charge in [-0.1, -0.05) is 258 Å². The van der Waals surface area contributed by atoms with Crippen molar-refractivity contribution in [1.82, 2.24) is 0 Å². The molecule has 0 aromatic rings. The Balaban J connectivity index is 0. The van der Waals surface area contributed by atoms with Crippen LogP contribution in [0, 0.1) is 0 Å². The Bertz CT molecular complexity index is 575. The van der Waals surface area contributed by atoms with Gasteiger partial charge in [0.05, 0.1) is 0 Å². The molecule has 0 bridgehead atoms. The number of rotatable bonds is 42. The van der Waals surface area contributed by atoms with E-state index in [4.69, 9.17) is 24.0 Å². The molecular weight excluding hydrogens is 639 g/mol. The van der Waals surface area contributed by atoms with E-state index in [1.165, 1.54) is 257 Å². The summed E-state index contributed by atoms with van der Waals surface area (Å²) < 4.78 is 14.8. The van der Waals surface area contributed by atoms with Crippen LogP contribution < -0.4 is 0 Å². The van der Waals surface area contributed by atoms with Gasteiger partial charge in [0.15, 0.2) is 0 Å². The lowest BCUT2D eigenvalue weighted by Crippen LogP contribution is -1.97. The van der Waals surface area contributed by atoms with E-state index in [2.05, 4.69) is 13.8 Å². The van der Waals surface area contributed by atoms with E-state index in [1.807, 2.05) is 0 Å². The molecule has 0 saturated heterocycles. The van der Waals surface area contributed by atoms with Crippen molar-refractivity contribution in [3.05, 3.63) is 0 Å². The maximum Gasteiger partial charge on any atom is 0.466 e. The number of phosphoric acid groups is 1. The normalized spacial score (nSPS) is 11.6. The van der Waals surface area contributed by atoms with Crippen molar-refractivity contribution in [3.63, 3.8) is 0 Å². The van der Waals surface area contributed by atoms with Crippen molar-refractivity contribution in [3.8, 4) is 0 Å². The number of hydrogen-bond acceptors (Lipinski definition) is 2. The van der Waals surface area contributed by atoms with E-state index in [-0.39, 0.29) is 0 Å². The molecule has 50 heavy (non-hydrogen) atoms. The Labute approximate surface area is 314 Å². The van der Waals surface area contributed by atoms with Crippen molar-refractivity contribution in [2.24, 2.45) is 0 Å². The third-order valence-corrected chi connectivity index (χ3v) is 10.3. The summed E-state index contributed by atoms with van der Waals surface area (Å²) in [5.41, 5.74) is 0. The zero-order valence-corrected chi connectivity index (χ0v) is 35.2. The first-order chi connectivity index (χ1) is 24.4. The van der Waals surface area contributed by atoms with E-state index in [0.29, 0.717) is 0 Å². The van der Waals surface area contributed by atoms with Crippen LogP contribution in [0.15, 0.2) is 0 Å². The van der Waals surface area contributed by atoms with E-state index in [0.717, 1.165) is 13.2 Å². The van der Waals surface area contributed by atoms with Crippen LogP contribution in [0.1, 0.15) is 271 Å². The molecule has 0 heterocycles. The van der Waals surface area contributed by atoms with Crippen LogP contribution >= 0.6 is 7.82 Å². The summed E-state index contributed by atoms with van der Waals surface area (Å²) in [5.74, 6) is 0. The van der Waals surface area contributed by atoms with Gasteiger partial charge in [-0.15, -0.1) is 0 Å². The molecule has 0 amide bonds. The fraction of sp³-hybridized carbons (Fsp3) is 1.00. The summed E-state index contributed by atoms with van der Waals surface area (Å²) >= 11 is 0. The van der Waals surface area contributed by atoms with Gasteiger partial charge in [0.2, 0.25) is 0 Å². The van der Waals surface area contributed by atoms with Gasteiger partial charge in [-0.2, -0.15) is 0 Å². The molecule has 0 unspecified atom stereocenters. The summed E-state index contributed by atoms with van der Waals surface area (Å²) in [5, 5.41) is 0. The Kier molecular flexibility index (Phi) is 49.1. The highest BCUT2D eigenvalue weighted by Gasteiger charge is 2.00. The Morgan fingerprint density at radius 1 is 0.280 bits per heavy atom. The zero-order chi connectivity index (χ0) is 36.9. The van der Waals surface area contributed by atoms with Gasteiger partial charge in [-0.05, 0) is 12.8 Å². The molecular formula is C44H93O5P. The third kappa shape index (κ3) is 60.2. The molecule has 0 radical (unpaired) electrons. The minimum atomic E-state index is -4.64. The largest absolute Gasteiger partial charge is 0.466 e. The molecule has 304 valence electrons. The number of ether oxygens (including phenoxy) is 1. The molecule has 5 nitrogen and oxygen atoms in total. The highest BCUT2D eigenvalue weighted by molar-refractivity contribution is 7.45. The predicted molar refractivity (Wildman–Crippen MR) is 221 cm³/mol. The van der Waals surface area contributed by atoms with Crippen molar-refractivity contribution < 1.29 is 24.0 Å². The molecule has 0 aliphatic rings. The molecule has 0 aromatic heterocycles. The SMILES string of the molecule is CCCCCCCCCCCCCCCCCCCCCCOCCCCCCCCCCCCCCCCCCCCCC.O=P(O)(O)O. The van der Waals surface area contributed by atoms with Gasteiger partial charge in [0, 0.05) is 13.2 Å². The van der Waals surface area contributed by atoms with Crippen LogP contribution in [0.4, 0.5) is 0 Å². The second-order valence-corrected chi connectivity index (χ2v) is 16.6. The van der Waals surface area contributed by atoms with E-state index < -0.39 is 7.82 Å². The molecule has 0 fully saturated rings. The predicted octanol–water partition coefficient (Wildman–Crippen LogP) is 15.7. The highest BCUT2D eigenvalue weighted by atomic mass is 31.2. The molecule has 0 aliphatic carbocycles. The minimum Gasteiger partial charge on any atom is -0.381 e. The average Bonchev–Trinajstić information content (AvgIpc) is 3.08. The third-order valence-electron chi connectivity index (χ3n) is 10.3. The zero-order valence-electron chi connectivity index (χ0n) is 34.3. The lowest BCUT2D eigenvalue weighted by atomic mass is 10.0. The van der Waals surface area contributed by atoms with Crippen LogP contribution in [0.25, 0.3) is 0 Å². The highest BCUT2D eigenvalue weighted by Crippen LogP contribution is 2.26. The standard InChI is InChI=1S/C44H90O.H3O4P/c1-3-5-7-9-11-13-15-17-19-21-23-25-27-29-31-33-35-37-39-41-43-45-44-42-40-38-36-34-32-30-28-26-24-22-20-18-16-14-12-10-8-6-4-2;1-5(2,3)4/h3-44H2,1-2H3;(H3,1,2,3,4). The number of hydrogen-bond donors (Lipinski definition) is 3. The van der Waals surface area contributed by atoms with Gasteiger partial charge < -0.3 is 19.4 Å². The summed E-state index contributed by atoms with van der Waals surface area (Å²) in [6, 6.07) is 0. The molecule has 0 saturated carbocycles. The molecule has 3 N–H and O–H groups in total. The van der Waals surface area contributed by atoms with Crippen molar-refractivity contribution in [2.75, 3.05) is 13.2 Å². The van der Waals surface area contributed by atoms with Crippen LogP contribution in [0.2, 0.25) is 0 Å². The molecule has 6 heteroatoms. The van der Waals surface area contributed by atoms with Crippen LogP contribution in [0.3, 0.4) is 0 Å². The topological polar surface area (TPSA) is 87.0 Å². The second-order valence-electron chi connectivity index (χ2n) is 15.6. The molecule has 0 atom stereocenters. The van der Waals surface area contributed by atoms with Crippen LogP contribution in [0.5, 0.6) is 0 Å². The first-order valence-corrected chi connectivity index (χ1v) is 24.3. The van der Waals surface area contributed by atoms with Gasteiger partial charge >= 0.3 is 7.82 Å². The summed E-state index contributed by atoms with van der Waals surface area (Å²) in [6.45, 7) is 6.61. The lowest BCUT2D eigenvalue weighted by molar-refractivity contribution is 0.125. The van der Waals surface area contributed by atoms with Gasteiger partial charge in [0.1, 0.15) is 0 Å². The van der Waals surface area contributed by atoms with Gasteiger partial charge in [-0.3, -0.25) is 0 Å². The quantitative estimate of drug-likeness (QED) is 0.0430. The van der Waals surface area contributed by atoms with E-state index >= 15 is 0 Å². The maximum atomic E-state index is 8.88. The molecule has 0 spiro atoms. The molecule has 0 rings (SSSR count). The van der Waals surface area contributed by atoms with Crippen molar-refractivity contribution >= 4 is 7.82 Å². The Morgan fingerprint density at radius 3 is 0.540 bits per heavy atom.